The zero-order valence-corrected chi connectivity index (χ0v) is 14.1. The lowest BCUT2D eigenvalue weighted by Crippen LogP contribution is -2.09. The number of amides is 1. The summed E-state index contributed by atoms with van der Waals surface area (Å²) in [6.07, 6.45) is 3.19. The minimum atomic E-state index is -0.225. The van der Waals surface area contributed by atoms with Crippen LogP contribution in [0.4, 0.5) is 11.4 Å². The number of methoxy groups -OCH3 is 1. The van der Waals surface area contributed by atoms with Crippen LogP contribution in [0.2, 0.25) is 0 Å². The van der Waals surface area contributed by atoms with Crippen molar-refractivity contribution in [1.29, 1.82) is 0 Å². The molecule has 0 fully saturated rings. The molecule has 1 amide bonds. The molecule has 0 bridgehead atoms. The van der Waals surface area contributed by atoms with Gasteiger partial charge in [-0.2, -0.15) is 0 Å². The number of nitrogen functional groups attached to an aromatic ring is 1. The number of rotatable bonds is 6. The maximum Gasteiger partial charge on any atom is 0.248 e. The van der Waals surface area contributed by atoms with E-state index < -0.39 is 0 Å². The van der Waals surface area contributed by atoms with Crippen LogP contribution in [0.25, 0.3) is 6.08 Å². The average molecular weight is 326 g/mol. The third-order valence-corrected chi connectivity index (χ3v) is 3.55. The van der Waals surface area contributed by atoms with Gasteiger partial charge in [-0.3, -0.25) is 4.79 Å². The topological polar surface area (TPSA) is 73.6 Å². The lowest BCUT2D eigenvalue weighted by Gasteiger charge is -2.10. The molecule has 0 aliphatic rings. The lowest BCUT2D eigenvalue weighted by atomic mass is 10.1. The molecule has 2 aromatic rings. The smallest absolute Gasteiger partial charge is 0.248 e. The lowest BCUT2D eigenvalue weighted by molar-refractivity contribution is -0.111. The Hall–Kier alpha value is -2.95. The van der Waals surface area contributed by atoms with E-state index in [1.807, 2.05) is 38.1 Å². The first-order chi connectivity index (χ1) is 11.5. The van der Waals surface area contributed by atoms with Gasteiger partial charge in [-0.15, -0.1) is 0 Å². The van der Waals surface area contributed by atoms with Crippen LogP contribution >= 0.6 is 0 Å². The third kappa shape index (κ3) is 4.29. The molecule has 0 aliphatic carbocycles. The van der Waals surface area contributed by atoms with E-state index in [1.54, 1.807) is 25.3 Å². The van der Waals surface area contributed by atoms with Gasteiger partial charge in [0.05, 0.1) is 13.7 Å². The fraction of sp³-hybridized carbons (Fsp3) is 0.211. The van der Waals surface area contributed by atoms with Crippen molar-refractivity contribution < 1.29 is 14.3 Å². The van der Waals surface area contributed by atoms with Crippen LogP contribution in [0, 0.1) is 6.92 Å². The minimum Gasteiger partial charge on any atom is -0.493 e. The normalized spacial score (nSPS) is 10.6. The van der Waals surface area contributed by atoms with Gasteiger partial charge in [0.2, 0.25) is 5.91 Å². The molecule has 0 unspecified atom stereocenters. The molecule has 2 rings (SSSR count). The summed E-state index contributed by atoms with van der Waals surface area (Å²) < 4.78 is 10.8. The first-order valence-corrected chi connectivity index (χ1v) is 7.70. The van der Waals surface area contributed by atoms with Crippen LogP contribution in [0.15, 0.2) is 42.5 Å². The van der Waals surface area contributed by atoms with E-state index in [2.05, 4.69) is 5.32 Å². The number of nitrogens with one attached hydrogen (secondary N) is 1. The Balaban J connectivity index is 2.10. The molecular weight excluding hydrogens is 304 g/mol. The van der Waals surface area contributed by atoms with Crippen LogP contribution in [0.1, 0.15) is 18.1 Å². The molecule has 0 saturated carbocycles. The molecule has 0 radical (unpaired) electrons. The number of benzene rings is 2. The van der Waals surface area contributed by atoms with Gasteiger partial charge in [0.1, 0.15) is 0 Å². The highest BCUT2D eigenvalue weighted by Gasteiger charge is 2.05. The molecule has 2 aromatic carbocycles. The second kappa shape index (κ2) is 8.06. The van der Waals surface area contributed by atoms with Crippen molar-refractivity contribution >= 4 is 23.4 Å². The molecular formula is C19H22N2O3. The fourth-order valence-corrected chi connectivity index (χ4v) is 2.20. The maximum atomic E-state index is 12.1. The predicted molar refractivity (Wildman–Crippen MR) is 97.4 cm³/mol. The molecule has 0 atom stereocenters. The molecule has 5 heteroatoms. The van der Waals surface area contributed by atoms with E-state index >= 15 is 0 Å². The van der Waals surface area contributed by atoms with Gasteiger partial charge in [0.15, 0.2) is 11.5 Å². The van der Waals surface area contributed by atoms with Gasteiger partial charge in [0.25, 0.3) is 0 Å². The van der Waals surface area contributed by atoms with Gasteiger partial charge >= 0.3 is 0 Å². The van der Waals surface area contributed by atoms with Crippen LogP contribution in [0.5, 0.6) is 11.5 Å². The van der Waals surface area contributed by atoms with Crippen molar-refractivity contribution in [2.24, 2.45) is 0 Å². The summed E-state index contributed by atoms with van der Waals surface area (Å²) in [7, 11) is 1.58. The number of hydrogen-bond acceptors (Lipinski definition) is 4. The zero-order chi connectivity index (χ0) is 17.5. The molecule has 5 nitrogen and oxygen atoms in total. The first-order valence-electron chi connectivity index (χ1n) is 7.70. The molecule has 3 N–H and O–H groups in total. The van der Waals surface area contributed by atoms with Crippen molar-refractivity contribution in [3.8, 4) is 11.5 Å². The summed E-state index contributed by atoms with van der Waals surface area (Å²) >= 11 is 0. The van der Waals surface area contributed by atoms with Crippen LogP contribution in [0.3, 0.4) is 0 Å². The standard InChI is InChI=1S/C19H22N2O3/c1-4-24-17-10-8-14(12-18(17)23-3)9-11-19(22)21-16-7-5-6-15(20)13(16)2/h5-12H,4,20H2,1-3H3,(H,21,22)/b11-9+. The van der Waals surface area contributed by atoms with Crippen LogP contribution in [-0.4, -0.2) is 19.6 Å². The van der Waals surface area contributed by atoms with E-state index in [0.717, 1.165) is 11.1 Å². The average Bonchev–Trinajstić information content (AvgIpc) is 2.58. The Labute approximate surface area is 142 Å². The molecule has 0 aliphatic heterocycles. The number of carbonyl (C=O) groups is 1. The zero-order valence-electron chi connectivity index (χ0n) is 14.1. The van der Waals surface area contributed by atoms with Crippen molar-refractivity contribution in [2.45, 2.75) is 13.8 Å². The monoisotopic (exact) mass is 326 g/mol. The van der Waals surface area contributed by atoms with E-state index in [4.69, 9.17) is 15.2 Å². The van der Waals surface area contributed by atoms with Crippen LogP contribution < -0.4 is 20.5 Å². The van der Waals surface area contributed by atoms with Gasteiger partial charge in [-0.25, -0.2) is 0 Å². The Morgan fingerprint density at radius 1 is 1.25 bits per heavy atom. The highest BCUT2D eigenvalue weighted by Crippen LogP contribution is 2.28. The van der Waals surface area contributed by atoms with Gasteiger partial charge < -0.3 is 20.5 Å². The maximum absolute atomic E-state index is 12.1. The highest BCUT2D eigenvalue weighted by atomic mass is 16.5. The molecule has 0 heterocycles. The number of nitrogens with two attached hydrogens (primary N) is 1. The Kier molecular flexibility index (Phi) is 5.84. The Bertz CT molecular complexity index is 754. The highest BCUT2D eigenvalue weighted by molar-refractivity contribution is 6.02. The summed E-state index contributed by atoms with van der Waals surface area (Å²) in [6, 6.07) is 10.9. The second-order valence-corrected chi connectivity index (χ2v) is 5.19. The Morgan fingerprint density at radius 3 is 2.75 bits per heavy atom. The molecule has 126 valence electrons. The predicted octanol–water partition coefficient (Wildman–Crippen LogP) is 3.64. The second-order valence-electron chi connectivity index (χ2n) is 5.19. The SMILES string of the molecule is CCOc1ccc(/C=C/C(=O)Nc2cccc(N)c2C)cc1OC. The number of carbonyl (C=O) groups excluding carboxylic acids is 1. The van der Waals surface area contributed by atoms with E-state index in [0.29, 0.717) is 29.5 Å². The fourth-order valence-electron chi connectivity index (χ4n) is 2.20. The van der Waals surface area contributed by atoms with Gasteiger partial charge in [0, 0.05) is 17.5 Å². The van der Waals surface area contributed by atoms with Gasteiger partial charge in [-0.1, -0.05) is 12.1 Å². The van der Waals surface area contributed by atoms with E-state index in [1.165, 1.54) is 6.08 Å². The van der Waals surface area contributed by atoms with Crippen molar-refractivity contribution in [1.82, 2.24) is 0 Å². The summed E-state index contributed by atoms with van der Waals surface area (Å²) in [6.45, 7) is 4.34. The Morgan fingerprint density at radius 2 is 2.04 bits per heavy atom. The number of hydrogen-bond donors (Lipinski definition) is 2. The molecule has 0 saturated heterocycles. The van der Waals surface area contributed by atoms with Crippen LogP contribution in [-0.2, 0) is 4.79 Å². The third-order valence-electron chi connectivity index (χ3n) is 3.55. The quantitative estimate of drug-likeness (QED) is 0.628. The van der Waals surface area contributed by atoms with E-state index in [-0.39, 0.29) is 5.91 Å². The summed E-state index contributed by atoms with van der Waals surface area (Å²) in [4.78, 5) is 12.1. The number of ether oxygens (including phenoxy) is 2. The minimum absolute atomic E-state index is 0.225. The van der Waals surface area contributed by atoms with Gasteiger partial charge in [-0.05, 0) is 55.3 Å². The largest absolute Gasteiger partial charge is 0.493 e. The van der Waals surface area contributed by atoms with E-state index in [9.17, 15) is 4.79 Å². The van der Waals surface area contributed by atoms with Crippen molar-refractivity contribution in [3.63, 3.8) is 0 Å². The molecule has 0 spiro atoms. The molecule has 24 heavy (non-hydrogen) atoms. The summed E-state index contributed by atoms with van der Waals surface area (Å²) in [5, 5.41) is 2.82. The number of anilines is 2. The van der Waals surface area contributed by atoms with Crippen molar-refractivity contribution in [3.05, 3.63) is 53.6 Å². The molecule has 0 aromatic heterocycles. The summed E-state index contributed by atoms with van der Waals surface area (Å²) in [5.41, 5.74) is 8.88. The summed E-state index contributed by atoms with van der Waals surface area (Å²) in [5.74, 6) is 1.08. The van der Waals surface area contributed by atoms with Crippen molar-refractivity contribution in [2.75, 3.05) is 24.8 Å². The first kappa shape index (κ1) is 17.4.